The summed E-state index contributed by atoms with van der Waals surface area (Å²) >= 11 is 3.18. The number of hydrogen-bond acceptors (Lipinski definition) is 3. The third-order valence-electron chi connectivity index (χ3n) is 4.17. The minimum absolute atomic E-state index is 0.0795. The summed E-state index contributed by atoms with van der Waals surface area (Å²) in [6.07, 6.45) is 0. The van der Waals surface area contributed by atoms with Crippen LogP contribution in [0.5, 0.6) is 5.75 Å². The molecule has 1 amide bonds. The quantitative estimate of drug-likeness (QED) is 0.500. The smallest absolute Gasteiger partial charge is 0.291 e. The Morgan fingerprint density at radius 1 is 1.11 bits per heavy atom. The topological polar surface area (TPSA) is 51.5 Å². The average molecular weight is 446 g/mol. The lowest BCUT2D eigenvalue weighted by Gasteiger charge is -2.19. The van der Waals surface area contributed by atoms with Crippen molar-refractivity contribution in [2.45, 2.75) is 32.8 Å². The molecule has 146 valence electrons. The number of rotatable bonds is 5. The highest BCUT2D eigenvalue weighted by atomic mass is 79.9. The fourth-order valence-electron chi connectivity index (χ4n) is 2.56. The Hall–Kier alpha value is -2.60. The van der Waals surface area contributed by atoms with Gasteiger partial charge in [0.25, 0.3) is 5.91 Å². The first-order chi connectivity index (χ1) is 13.2. The summed E-state index contributed by atoms with van der Waals surface area (Å²) in [6, 6.07) is 15.5. The van der Waals surface area contributed by atoms with E-state index in [0.29, 0.717) is 16.0 Å². The molecule has 3 aromatic rings. The average Bonchev–Trinajstić information content (AvgIpc) is 3.11. The van der Waals surface area contributed by atoms with E-state index in [1.807, 2.05) is 24.3 Å². The van der Waals surface area contributed by atoms with Crippen molar-refractivity contribution >= 4 is 27.5 Å². The van der Waals surface area contributed by atoms with E-state index in [-0.39, 0.29) is 23.5 Å². The molecule has 1 N–H and O–H groups in total. The molecule has 0 saturated heterocycles. The van der Waals surface area contributed by atoms with Crippen LogP contribution in [0.25, 0.3) is 0 Å². The molecule has 3 rings (SSSR count). The van der Waals surface area contributed by atoms with Crippen molar-refractivity contribution < 1.29 is 18.3 Å². The van der Waals surface area contributed by atoms with Gasteiger partial charge in [0.05, 0.1) is 5.69 Å². The number of amides is 1. The van der Waals surface area contributed by atoms with E-state index < -0.39 is 11.7 Å². The van der Waals surface area contributed by atoms with Gasteiger partial charge in [-0.15, -0.1) is 0 Å². The number of nitrogens with one attached hydrogen (secondary N) is 1. The second-order valence-electron chi connectivity index (χ2n) is 7.41. The zero-order chi connectivity index (χ0) is 20.3. The van der Waals surface area contributed by atoms with Crippen molar-refractivity contribution in [2.75, 3.05) is 5.32 Å². The van der Waals surface area contributed by atoms with Crippen LogP contribution in [0.1, 0.15) is 42.6 Å². The molecule has 2 aromatic carbocycles. The molecule has 6 heteroatoms. The van der Waals surface area contributed by atoms with E-state index in [1.165, 1.54) is 23.8 Å². The van der Waals surface area contributed by atoms with Crippen LogP contribution in [0.15, 0.2) is 63.5 Å². The summed E-state index contributed by atoms with van der Waals surface area (Å²) in [5, 5.41) is 2.49. The predicted octanol–water partition coefficient (Wildman–Crippen LogP) is 6.31. The highest BCUT2D eigenvalue weighted by Gasteiger charge is 2.15. The van der Waals surface area contributed by atoms with Crippen LogP contribution in [0, 0.1) is 5.82 Å². The molecule has 1 heterocycles. The minimum Gasteiger partial charge on any atom is -0.486 e. The molecule has 0 atom stereocenters. The van der Waals surface area contributed by atoms with Crippen molar-refractivity contribution in [3.63, 3.8) is 0 Å². The summed E-state index contributed by atoms with van der Waals surface area (Å²) in [6.45, 7) is 6.64. The van der Waals surface area contributed by atoms with Gasteiger partial charge in [-0.25, -0.2) is 4.39 Å². The first kappa shape index (κ1) is 20.1. The number of benzene rings is 2. The highest BCUT2D eigenvalue weighted by molar-refractivity contribution is 9.10. The van der Waals surface area contributed by atoms with Crippen LogP contribution in [0.2, 0.25) is 0 Å². The van der Waals surface area contributed by atoms with Crippen LogP contribution in [0.3, 0.4) is 0 Å². The van der Waals surface area contributed by atoms with Gasteiger partial charge in [-0.1, -0.05) is 48.8 Å². The van der Waals surface area contributed by atoms with Crippen LogP contribution >= 0.6 is 15.9 Å². The lowest BCUT2D eigenvalue weighted by molar-refractivity contribution is 0.0992. The summed E-state index contributed by atoms with van der Waals surface area (Å²) in [7, 11) is 0. The Bertz CT molecular complexity index is 974. The SMILES string of the molecule is CC(C)(C)c1ccc(OCc2ccc(C(=O)Nc3ccc(Br)cc3F)o2)cc1. The zero-order valence-corrected chi connectivity index (χ0v) is 17.5. The van der Waals surface area contributed by atoms with Gasteiger partial charge in [0.2, 0.25) is 0 Å². The fourth-order valence-corrected chi connectivity index (χ4v) is 2.89. The van der Waals surface area contributed by atoms with E-state index in [1.54, 1.807) is 12.1 Å². The van der Waals surface area contributed by atoms with Crippen molar-refractivity contribution in [2.24, 2.45) is 0 Å². The zero-order valence-electron chi connectivity index (χ0n) is 15.9. The van der Waals surface area contributed by atoms with E-state index in [4.69, 9.17) is 9.15 Å². The van der Waals surface area contributed by atoms with Crippen molar-refractivity contribution in [1.29, 1.82) is 0 Å². The summed E-state index contributed by atoms with van der Waals surface area (Å²) in [4.78, 5) is 12.2. The molecule has 0 radical (unpaired) electrons. The van der Waals surface area contributed by atoms with E-state index >= 15 is 0 Å². The Kier molecular flexibility index (Phi) is 5.89. The van der Waals surface area contributed by atoms with E-state index in [9.17, 15) is 9.18 Å². The third-order valence-corrected chi connectivity index (χ3v) is 4.66. The van der Waals surface area contributed by atoms with Crippen molar-refractivity contribution in [3.05, 3.63) is 82.0 Å². The van der Waals surface area contributed by atoms with E-state index in [2.05, 4.69) is 42.0 Å². The number of carbonyl (C=O) groups excluding carboxylic acids is 1. The number of ether oxygens (including phenoxy) is 1. The van der Waals surface area contributed by atoms with Crippen LogP contribution < -0.4 is 10.1 Å². The normalized spacial score (nSPS) is 11.3. The first-order valence-electron chi connectivity index (χ1n) is 8.81. The lowest BCUT2D eigenvalue weighted by Crippen LogP contribution is -2.12. The van der Waals surface area contributed by atoms with Gasteiger partial charge in [-0.05, 0) is 53.4 Å². The molecule has 4 nitrogen and oxygen atoms in total. The Labute approximate surface area is 171 Å². The summed E-state index contributed by atoms with van der Waals surface area (Å²) < 4.78 is 25.7. The van der Waals surface area contributed by atoms with Crippen molar-refractivity contribution in [3.8, 4) is 5.75 Å². The largest absolute Gasteiger partial charge is 0.486 e. The second-order valence-corrected chi connectivity index (χ2v) is 8.32. The minimum atomic E-state index is -0.531. The molecular weight excluding hydrogens is 425 g/mol. The monoisotopic (exact) mass is 445 g/mol. The maximum absolute atomic E-state index is 13.8. The number of furan rings is 1. The van der Waals surface area contributed by atoms with Gasteiger partial charge in [0.1, 0.15) is 23.9 Å². The third kappa shape index (κ3) is 5.01. The molecule has 0 unspecified atom stereocenters. The van der Waals surface area contributed by atoms with E-state index in [0.717, 1.165) is 0 Å². The summed E-state index contributed by atoms with van der Waals surface area (Å²) in [5.41, 5.74) is 1.38. The van der Waals surface area contributed by atoms with Gasteiger partial charge in [0, 0.05) is 4.47 Å². The fraction of sp³-hybridized carbons (Fsp3) is 0.227. The molecule has 0 spiro atoms. The van der Waals surface area contributed by atoms with Crippen LogP contribution in [-0.4, -0.2) is 5.91 Å². The second kappa shape index (κ2) is 8.19. The van der Waals surface area contributed by atoms with Gasteiger partial charge >= 0.3 is 0 Å². The number of carbonyl (C=O) groups is 1. The Morgan fingerprint density at radius 2 is 1.82 bits per heavy atom. The van der Waals surface area contributed by atoms with Gasteiger partial charge in [-0.3, -0.25) is 4.79 Å². The van der Waals surface area contributed by atoms with Crippen molar-refractivity contribution in [1.82, 2.24) is 0 Å². The summed E-state index contributed by atoms with van der Waals surface area (Å²) in [5.74, 6) is 0.246. The Morgan fingerprint density at radius 3 is 2.46 bits per heavy atom. The highest BCUT2D eigenvalue weighted by Crippen LogP contribution is 2.25. The van der Waals surface area contributed by atoms with Gasteiger partial charge in [-0.2, -0.15) is 0 Å². The standard InChI is InChI=1S/C22H21BrFNO3/c1-22(2,3)14-4-7-16(8-5-14)27-13-17-9-11-20(28-17)21(26)25-19-10-6-15(23)12-18(19)24/h4-12H,13H2,1-3H3,(H,25,26). The molecule has 0 aliphatic heterocycles. The first-order valence-corrected chi connectivity index (χ1v) is 9.60. The molecular formula is C22H21BrFNO3. The van der Waals surface area contributed by atoms with Gasteiger partial charge in [0.15, 0.2) is 5.76 Å². The molecule has 1 aromatic heterocycles. The number of anilines is 1. The molecule has 0 aliphatic rings. The van der Waals surface area contributed by atoms with Crippen LogP contribution in [0.4, 0.5) is 10.1 Å². The molecule has 28 heavy (non-hydrogen) atoms. The molecule has 0 bridgehead atoms. The maximum Gasteiger partial charge on any atom is 0.291 e. The molecule has 0 fully saturated rings. The predicted molar refractivity (Wildman–Crippen MR) is 110 cm³/mol. The van der Waals surface area contributed by atoms with Crippen LogP contribution in [-0.2, 0) is 12.0 Å². The molecule has 0 aliphatic carbocycles. The lowest BCUT2D eigenvalue weighted by atomic mass is 9.87. The number of halogens is 2. The van der Waals surface area contributed by atoms with Gasteiger partial charge < -0.3 is 14.5 Å². The maximum atomic E-state index is 13.8. The molecule has 0 saturated carbocycles. The number of hydrogen-bond donors (Lipinski definition) is 1. The Balaban J connectivity index is 1.60.